The molecule has 20 heavy (non-hydrogen) atoms. The number of hydrogen-bond acceptors (Lipinski definition) is 4. The number of methoxy groups -OCH3 is 1. The van der Waals surface area contributed by atoms with E-state index in [1.165, 1.54) is 7.11 Å². The number of esters is 1. The summed E-state index contributed by atoms with van der Waals surface area (Å²) < 4.78 is 4.75. The van der Waals surface area contributed by atoms with Crippen molar-refractivity contribution in [2.75, 3.05) is 12.4 Å². The Bertz CT molecular complexity index is 528. The molecule has 5 nitrogen and oxygen atoms in total. The lowest BCUT2D eigenvalue weighted by atomic mass is 10.1. The first-order valence-corrected chi connectivity index (χ1v) is 6.76. The van der Waals surface area contributed by atoms with E-state index >= 15 is 0 Å². The third-order valence-corrected chi connectivity index (χ3v) is 3.68. The van der Waals surface area contributed by atoms with Crippen LogP contribution in [0.5, 0.6) is 0 Å². The highest BCUT2D eigenvalue weighted by atomic mass is 16.5. The monoisotopic (exact) mass is 276 g/mol. The average molecular weight is 276 g/mol. The molecule has 0 spiro atoms. The summed E-state index contributed by atoms with van der Waals surface area (Å²) in [6.07, 6.45) is 2.37. The summed E-state index contributed by atoms with van der Waals surface area (Å²) in [6.45, 7) is 1.88. The minimum atomic E-state index is -0.452. The zero-order valence-corrected chi connectivity index (χ0v) is 11.8. The predicted octanol–water partition coefficient (Wildman–Crippen LogP) is 1.85. The second kappa shape index (κ2) is 6.05. The molecule has 2 unspecified atom stereocenters. The normalized spacial score (nSPS) is 21.6. The van der Waals surface area contributed by atoms with Gasteiger partial charge in [0.2, 0.25) is 5.91 Å². The number of anilines is 1. The van der Waals surface area contributed by atoms with E-state index in [1.54, 1.807) is 12.1 Å². The summed E-state index contributed by atoms with van der Waals surface area (Å²) in [7, 11) is 1.33. The fourth-order valence-corrected chi connectivity index (χ4v) is 2.54. The number of nitrogens with two attached hydrogens (primary N) is 1. The second-order valence-electron chi connectivity index (χ2n) is 5.30. The van der Waals surface area contributed by atoms with Crippen molar-refractivity contribution in [1.82, 2.24) is 0 Å². The van der Waals surface area contributed by atoms with Gasteiger partial charge in [-0.15, -0.1) is 0 Å². The summed E-state index contributed by atoms with van der Waals surface area (Å²) in [5.74, 6) is -0.601. The van der Waals surface area contributed by atoms with Crippen molar-refractivity contribution < 1.29 is 14.3 Å². The number of ether oxygens (including phenoxy) is 1. The van der Waals surface area contributed by atoms with E-state index in [0.717, 1.165) is 18.4 Å². The van der Waals surface area contributed by atoms with Crippen LogP contribution in [-0.4, -0.2) is 25.0 Å². The number of hydrogen-bond donors (Lipinski definition) is 2. The van der Waals surface area contributed by atoms with Gasteiger partial charge in [0.25, 0.3) is 0 Å². The van der Waals surface area contributed by atoms with E-state index < -0.39 is 5.97 Å². The minimum absolute atomic E-state index is 0.0724. The van der Waals surface area contributed by atoms with Crippen LogP contribution in [0.15, 0.2) is 18.2 Å². The maximum atomic E-state index is 12.2. The van der Waals surface area contributed by atoms with Crippen molar-refractivity contribution >= 4 is 17.6 Å². The number of amides is 1. The fourth-order valence-electron chi connectivity index (χ4n) is 2.54. The molecule has 108 valence electrons. The second-order valence-corrected chi connectivity index (χ2v) is 5.30. The van der Waals surface area contributed by atoms with Gasteiger partial charge in [0.15, 0.2) is 0 Å². The summed E-state index contributed by atoms with van der Waals surface area (Å²) in [5, 5.41) is 2.82. The molecule has 1 aliphatic rings. The molecule has 1 fully saturated rings. The third-order valence-electron chi connectivity index (χ3n) is 3.68. The standard InChI is InChI=1S/C15H20N2O3/c1-9-3-6-13(12(7-9)15(19)20-2)17-14(18)10-4-5-11(16)8-10/h3,6-7,10-11H,4-5,8,16H2,1-2H3,(H,17,18). The Morgan fingerprint density at radius 3 is 2.70 bits per heavy atom. The zero-order chi connectivity index (χ0) is 14.7. The van der Waals surface area contributed by atoms with E-state index in [1.807, 2.05) is 13.0 Å². The summed E-state index contributed by atoms with van der Waals surface area (Å²) >= 11 is 0. The molecule has 0 radical (unpaired) electrons. The Balaban J connectivity index is 2.16. The molecule has 0 aliphatic heterocycles. The summed E-state index contributed by atoms with van der Waals surface area (Å²) in [6, 6.07) is 5.39. The largest absolute Gasteiger partial charge is 0.465 e. The first-order valence-electron chi connectivity index (χ1n) is 6.76. The highest BCUT2D eigenvalue weighted by molar-refractivity contribution is 6.02. The molecule has 1 aliphatic carbocycles. The molecule has 0 heterocycles. The van der Waals surface area contributed by atoms with Crippen LogP contribution in [0, 0.1) is 12.8 Å². The van der Waals surface area contributed by atoms with E-state index in [2.05, 4.69) is 5.32 Å². The number of nitrogens with one attached hydrogen (secondary N) is 1. The number of rotatable bonds is 3. The number of carbonyl (C=O) groups excluding carboxylic acids is 2. The summed E-state index contributed by atoms with van der Waals surface area (Å²) in [4.78, 5) is 23.9. The van der Waals surface area contributed by atoms with Crippen molar-refractivity contribution in [3.8, 4) is 0 Å². The van der Waals surface area contributed by atoms with Gasteiger partial charge in [-0.3, -0.25) is 4.79 Å². The fraction of sp³-hybridized carbons (Fsp3) is 0.467. The molecule has 2 atom stereocenters. The van der Waals surface area contributed by atoms with E-state index in [9.17, 15) is 9.59 Å². The molecule has 3 N–H and O–H groups in total. The Hall–Kier alpha value is -1.88. The molecule has 0 bridgehead atoms. The van der Waals surface area contributed by atoms with Crippen LogP contribution >= 0.6 is 0 Å². The molecule has 5 heteroatoms. The van der Waals surface area contributed by atoms with Gasteiger partial charge in [-0.05, 0) is 38.3 Å². The molecule has 0 aromatic heterocycles. The maximum Gasteiger partial charge on any atom is 0.339 e. The highest BCUT2D eigenvalue weighted by Crippen LogP contribution is 2.26. The van der Waals surface area contributed by atoms with Crippen molar-refractivity contribution in [2.24, 2.45) is 11.7 Å². The highest BCUT2D eigenvalue weighted by Gasteiger charge is 2.28. The van der Waals surface area contributed by atoms with Gasteiger partial charge in [-0.2, -0.15) is 0 Å². The van der Waals surface area contributed by atoms with E-state index in [0.29, 0.717) is 17.7 Å². The van der Waals surface area contributed by atoms with Gasteiger partial charge in [0.05, 0.1) is 18.4 Å². The van der Waals surface area contributed by atoms with Gasteiger partial charge in [-0.25, -0.2) is 4.79 Å². The molecular weight excluding hydrogens is 256 g/mol. The lowest BCUT2D eigenvalue weighted by molar-refractivity contribution is -0.119. The van der Waals surface area contributed by atoms with Crippen molar-refractivity contribution in [3.05, 3.63) is 29.3 Å². The molecule has 2 rings (SSSR count). The zero-order valence-electron chi connectivity index (χ0n) is 11.8. The van der Waals surface area contributed by atoms with E-state index in [4.69, 9.17) is 10.5 Å². The minimum Gasteiger partial charge on any atom is -0.465 e. The summed E-state index contributed by atoms with van der Waals surface area (Å²) in [5.41, 5.74) is 7.63. The molecule has 0 saturated heterocycles. The van der Waals surface area contributed by atoms with Crippen LogP contribution in [0.25, 0.3) is 0 Å². The Kier molecular flexibility index (Phi) is 4.39. The Morgan fingerprint density at radius 2 is 2.10 bits per heavy atom. The van der Waals surface area contributed by atoms with Crippen molar-refractivity contribution in [3.63, 3.8) is 0 Å². The van der Waals surface area contributed by atoms with Crippen LogP contribution in [0.2, 0.25) is 0 Å². The van der Waals surface area contributed by atoms with Crippen molar-refractivity contribution in [2.45, 2.75) is 32.2 Å². The van der Waals surface area contributed by atoms with E-state index in [-0.39, 0.29) is 17.9 Å². The predicted molar refractivity (Wildman–Crippen MR) is 76.5 cm³/mol. The Labute approximate surface area is 118 Å². The van der Waals surface area contributed by atoms with Gasteiger partial charge in [-0.1, -0.05) is 11.6 Å². The quantitative estimate of drug-likeness (QED) is 0.825. The number of aryl methyl sites for hydroxylation is 1. The van der Waals surface area contributed by atoms with Crippen LogP contribution < -0.4 is 11.1 Å². The van der Waals surface area contributed by atoms with Gasteiger partial charge in [0.1, 0.15) is 0 Å². The molecule has 1 saturated carbocycles. The molecule has 1 aromatic carbocycles. The molecule has 1 amide bonds. The lowest BCUT2D eigenvalue weighted by Crippen LogP contribution is -2.24. The van der Waals surface area contributed by atoms with Crippen LogP contribution in [-0.2, 0) is 9.53 Å². The lowest BCUT2D eigenvalue weighted by Gasteiger charge is -2.14. The van der Waals surface area contributed by atoms with Gasteiger partial charge < -0.3 is 15.8 Å². The first-order chi connectivity index (χ1) is 9.51. The van der Waals surface area contributed by atoms with Crippen LogP contribution in [0.3, 0.4) is 0 Å². The average Bonchev–Trinajstić information content (AvgIpc) is 2.86. The number of benzene rings is 1. The van der Waals surface area contributed by atoms with Gasteiger partial charge >= 0.3 is 5.97 Å². The topological polar surface area (TPSA) is 81.4 Å². The van der Waals surface area contributed by atoms with Crippen LogP contribution in [0.1, 0.15) is 35.2 Å². The van der Waals surface area contributed by atoms with Gasteiger partial charge in [0, 0.05) is 12.0 Å². The molecule has 1 aromatic rings. The van der Waals surface area contributed by atoms with Crippen molar-refractivity contribution in [1.29, 1.82) is 0 Å². The van der Waals surface area contributed by atoms with Crippen LogP contribution in [0.4, 0.5) is 5.69 Å². The SMILES string of the molecule is COC(=O)c1cc(C)ccc1NC(=O)C1CCC(N)C1. The maximum absolute atomic E-state index is 12.2. The number of carbonyl (C=O) groups is 2. The first kappa shape index (κ1) is 14.5. The third kappa shape index (κ3) is 3.17. The molecular formula is C15H20N2O3. The Morgan fingerprint density at radius 1 is 1.35 bits per heavy atom. The smallest absolute Gasteiger partial charge is 0.339 e.